The zero-order valence-electron chi connectivity index (χ0n) is 7.71. The topological polar surface area (TPSA) is 127 Å². The van der Waals surface area contributed by atoms with Gasteiger partial charge in [0, 0.05) is 6.54 Å². The second-order valence-electron chi connectivity index (χ2n) is 3.25. The Bertz CT molecular complexity index is 174. The monoisotopic (exact) mass is 229 g/mol. The summed E-state index contributed by atoms with van der Waals surface area (Å²) in [6, 6.07) is 0. The van der Waals surface area contributed by atoms with Crippen LogP contribution in [0.2, 0.25) is 0 Å². The van der Waals surface area contributed by atoms with Gasteiger partial charge in [0.2, 0.25) is 0 Å². The fourth-order valence-electron chi connectivity index (χ4n) is 0.865. The summed E-state index contributed by atoms with van der Waals surface area (Å²) in [5.74, 6) is 0. The lowest BCUT2D eigenvalue weighted by Crippen LogP contribution is -2.53. The third-order valence-electron chi connectivity index (χ3n) is 1.85. The molecule has 0 aliphatic rings. The highest BCUT2D eigenvalue weighted by atomic mass is 35.5. The number of aliphatic hydroxyl groups excluding tert-OH is 4. The van der Waals surface area contributed by atoms with Crippen LogP contribution in [0.25, 0.3) is 0 Å². The first kappa shape index (κ1) is 14.1. The lowest BCUT2D eigenvalue weighted by atomic mass is 10.00. The Morgan fingerprint density at radius 1 is 1.21 bits per heavy atom. The van der Waals surface area contributed by atoms with Crippen LogP contribution >= 0.6 is 11.6 Å². The van der Waals surface area contributed by atoms with Crippen LogP contribution in [-0.2, 0) is 0 Å². The molecule has 0 aliphatic heterocycles. The molecule has 0 fully saturated rings. The molecule has 0 aromatic heterocycles. The first-order valence-corrected chi connectivity index (χ1v) is 4.43. The number of alkyl halides is 1. The second-order valence-corrected chi connectivity index (χ2v) is 4.02. The van der Waals surface area contributed by atoms with Crippen LogP contribution in [0.1, 0.15) is 6.92 Å². The van der Waals surface area contributed by atoms with Crippen LogP contribution in [0, 0.1) is 0 Å². The Hall–Kier alpha value is 0.0500. The summed E-state index contributed by atoms with van der Waals surface area (Å²) in [6.45, 7) is 0.763. The molecule has 0 saturated heterocycles. The van der Waals surface area contributed by atoms with Crippen molar-refractivity contribution in [1.82, 2.24) is 0 Å². The van der Waals surface area contributed by atoms with E-state index in [0.717, 1.165) is 6.92 Å². The Balaban J connectivity index is 4.38. The fourth-order valence-corrected chi connectivity index (χ4v) is 0.995. The van der Waals surface area contributed by atoms with E-state index in [1.165, 1.54) is 0 Å². The van der Waals surface area contributed by atoms with E-state index in [2.05, 4.69) is 0 Å². The van der Waals surface area contributed by atoms with Crippen LogP contribution < -0.4 is 5.73 Å². The largest absolute Gasteiger partial charge is 0.389 e. The zero-order valence-corrected chi connectivity index (χ0v) is 8.46. The van der Waals surface area contributed by atoms with Crippen molar-refractivity contribution in [3.63, 3.8) is 0 Å². The first-order valence-electron chi connectivity index (χ1n) is 4.05. The molecule has 5 atom stereocenters. The molecule has 0 amide bonds. The van der Waals surface area contributed by atoms with Gasteiger partial charge in [-0.15, -0.1) is 0 Å². The second kappa shape index (κ2) is 5.22. The molecular formula is C7H16ClNO5. The highest BCUT2D eigenvalue weighted by Crippen LogP contribution is 2.20. The van der Waals surface area contributed by atoms with Crippen LogP contribution in [0.4, 0.5) is 0 Å². The van der Waals surface area contributed by atoms with Crippen molar-refractivity contribution in [1.29, 1.82) is 0 Å². The number of hydrogen-bond donors (Lipinski definition) is 6. The first-order chi connectivity index (χ1) is 6.21. The number of halogens is 1. The highest BCUT2D eigenvalue weighted by Gasteiger charge is 2.39. The average molecular weight is 230 g/mol. The molecular weight excluding hydrogens is 214 g/mol. The molecule has 0 bridgehead atoms. The summed E-state index contributed by atoms with van der Waals surface area (Å²) in [7, 11) is 0. The third kappa shape index (κ3) is 3.66. The number of nitrogens with two attached hydrogens (primary N) is 1. The van der Waals surface area contributed by atoms with E-state index in [-0.39, 0.29) is 6.54 Å². The number of aliphatic hydroxyl groups is 5. The van der Waals surface area contributed by atoms with E-state index >= 15 is 0 Å². The summed E-state index contributed by atoms with van der Waals surface area (Å²) in [6.07, 6.45) is -6.62. The van der Waals surface area contributed by atoms with Crippen molar-refractivity contribution in [3.05, 3.63) is 0 Å². The summed E-state index contributed by atoms with van der Waals surface area (Å²) in [5.41, 5.74) is 5.02. The maximum atomic E-state index is 9.26. The van der Waals surface area contributed by atoms with Crippen molar-refractivity contribution < 1.29 is 25.5 Å². The van der Waals surface area contributed by atoms with Crippen molar-refractivity contribution >= 4 is 11.6 Å². The summed E-state index contributed by atoms with van der Waals surface area (Å²) >= 11 is 5.29. The predicted octanol–water partition coefficient (Wildman–Crippen LogP) is -2.66. The molecule has 14 heavy (non-hydrogen) atoms. The van der Waals surface area contributed by atoms with Crippen molar-refractivity contribution in [2.45, 2.75) is 36.4 Å². The van der Waals surface area contributed by atoms with Gasteiger partial charge in [-0.3, -0.25) is 0 Å². The minimum absolute atomic E-state index is 0.282. The quantitative estimate of drug-likeness (QED) is 0.286. The van der Waals surface area contributed by atoms with Crippen LogP contribution in [-0.4, -0.2) is 61.6 Å². The van der Waals surface area contributed by atoms with E-state index in [4.69, 9.17) is 27.5 Å². The highest BCUT2D eigenvalue weighted by molar-refractivity contribution is 6.22. The zero-order chi connectivity index (χ0) is 11.5. The lowest BCUT2D eigenvalue weighted by Gasteiger charge is -2.31. The minimum atomic E-state index is -2.09. The maximum absolute atomic E-state index is 9.26. The van der Waals surface area contributed by atoms with Gasteiger partial charge in [0.15, 0.2) is 5.06 Å². The summed E-state index contributed by atoms with van der Waals surface area (Å²) in [5, 5.41) is 43.7. The smallest absolute Gasteiger partial charge is 0.164 e. The van der Waals surface area contributed by atoms with Gasteiger partial charge >= 0.3 is 0 Å². The molecule has 0 aromatic carbocycles. The van der Waals surface area contributed by atoms with Gasteiger partial charge in [-0.2, -0.15) is 0 Å². The molecule has 7 N–H and O–H groups in total. The molecule has 0 radical (unpaired) electrons. The SMILES string of the molecule is CC(O)(Cl)C(O)C(O)C(O)C(O)CN. The number of rotatable bonds is 5. The van der Waals surface area contributed by atoms with E-state index in [1.54, 1.807) is 0 Å². The Morgan fingerprint density at radius 2 is 1.64 bits per heavy atom. The summed E-state index contributed by atoms with van der Waals surface area (Å²) in [4.78, 5) is 0. The molecule has 0 heterocycles. The Morgan fingerprint density at radius 3 is 1.93 bits per heavy atom. The van der Waals surface area contributed by atoms with Crippen molar-refractivity contribution in [2.75, 3.05) is 6.54 Å². The number of hydrogen-bond acceptors (Lipinski definition) is 6. The average Bonchev–Trinajstić information content (AvgIpc) is 2.11. The Kier molecular flexibility index (Phi) is 5.24. The molecule has 0 aliphatic carbocycles. The van der Waals surface area contributed by atoms with Crippen LogP contribution in [0.5, 0.6) is 0 Å². The van der Waals surface area contributed by atoms with Gasteiger partial charge in [0.25, 0.3) is 0 Å². The van der Waals surface area contributed by atoms with Crippen molar-refractivity contribution in [2.24, 2.45) is 5.73 Å². The third-order valence-corrected chi connectivity index (χ3v) is 2.07. The van der Waals surface area contributed by atoms with Gasteiger partial charge in [0.1, 0.15) is 18.3 Å². The molecule has 0 rings (SSSR count). The van der Waals surface area contributed by atoms with E-state index in [0.29, 0.717) is 0 Å². The molecule has 6 nitrogen and oxygen atoms in total. The van der Waals surface area contributed by atoms with Crippen LogP contribution in [0.3, 0.4) is 0 Å². The van der Waals surface area contributed by atoms with E-state index < -0.39 is 29.5 Å². The summed E-state index contributed by atoms with van der Waals surface area (Å²) < 4.78 is 0. The normalized spacial score (nSPS) is 24.9. The van der Waals surface area contributed by atoms with Gasteiger partial charge in [-0.25, -0.2) is 0 Å². The lowest BCUT2D eigenvalue weighted by molar-refractivity contribution is -0.138. The molecule has 0 aromatic rings. The van der Waals surface area contributed by atoms with Gasteiger partial charge in [-0.1, -0.05) is 11.6 Å². The van der Waals surface area contributed by atoms with Gasteiger partial charge in [-0.05, 0) is 6.92 Å². The molecule has 5 unspecified atom stereocenters. The van der Waals surface area contributed by atoms with Crippen LogP contribution in [0.15, 0.2) is 0 Å². The molecule has 86 valence electrons. The minimum Gasteiger partial charge on any atom is -0.389 e. The standard InChI is InChI=1S/C7H16ClNO5/c1-7(8,14)6(13)5(12)4(11)3(10)2-9/h3-6,10-14H,2,9H2,1H3. The Labute approximate surface area is 86.5 Å². The predicted molar refractivity (Wildman–Crippen MR) is 49.6 cm³/mol. The van der Waals surface area contributed by atoms with E-state index in [9.17, 15) is 15.3 Å². The maximum Gasteiger partial charge on any atom is 0.164 e. The van der Waals surface area contributed by atoms with Gasteiger partial charge < -0.3 is 31.3 Å². The molecule has 7 heteroatoms. The molecule has 0 saturated carbocycles. The molecule has 0 spiro atoms. The van der Waals surface area contributed by atoms with Gasteiger partial charge in [0.05, 0.1) is 6.10 Å². The van der Waals surface area contributed by atoms with Crippen molar-refractivity contribution in [3.8, 4) is 0 Å². The fraction of sp³-hybridized carbons (Fsp3) is 1.00. The van der Waals surface area contributed by atoms with E-state index in [1.807, 2.05) is 0 Å².